The second-order valence-corrected chi connectivity index (χ2v) is 19.5. The van der Waals surface area contributed by atoms with E-state index in [1.54, 1.807) is 0 Å². The smallest absolute Gasteiger partial charge is 0.306 e. The lowest BCUT2D eigenvalue weighted by molar-refractivity contribution is -0.167. The normalized spacial score (nSPS) is 12.9. The zero-order valence-electron chi connectivity index (χ0n) is 46.9. The molecule has 1 unspecified atom stereocenters. The van der Waals surface area contributed by atoms with Crippen molar-refractivity contribution in [1.82, 2.24) is 0 Å². The van der Waals surface area contributed by atoms with Crippen molar-refractivity contribution in [2.24, 2.45) is 0 Å². The number of esters is 3. The van der Waals surface area contributed by atoms with Crippen LogP contribution in [0, 0.1) is 0 Å². The summed E-state index contributed by atoms with van der Waals surface area (Å²) < 4.78 is 16.9. The molecule has 0 aromatic rings. The van der Waals surface area contributed by atoms with E-state index in [0.29, 0.717) is 19.3 Å². The maximum Gasteiger partial charge on any atom is 0.306 e. The molecule has 0 N–H and O–H groups in total. The number of allylic oxidation sites excluding steroid dienone is 18. The van der Waals surface area contributed by atoms with E-state index in [2.05, 4.69) is 130 Å². The fourth-order valence-corrected chi connectivity index (χ4v) is 8.00. The highest BCUT2D eigenvalue weighted by Gasteiger charge is 2.19. The van der Waals surface area contributed by atoms with Gasteiger partial charge in [0.25, 0.3) is 0 Å². The first-order chi connectivity index (χ1) is 35.5. The van der Waals surface area contributed by atoms with Crippen LogP contribution in [0.2, 0.25) is 0 Å². The minimum Gasteiger partial charge on any atom is -0.462 e. The third kappa shape index (κ3) is 57.0. The summed E-state index contributed by atoms with van der Waals surface area (Å²) in [4.78, 5) is 38.2. The third-order valence-corrected chi connectivity index (χ3v) is 12.5. The number of rotatable bonds is 53. The summed E-state index contributed by atoms with van der Waals surface area (Å²) in [5.41, 5.74) is 0. The van der Waals surface area contributed by atoms with Gasteiger partial charge in [-0.05, 0) is 128 Å². The summed E-state index contributed by atoms with van der Waals surface area (Å²) in [7, 11) is 0. The van der Waals surface area contributed by atoms with Gasteiger partial charge in [0.1, 0.15) is 13.2 Å². The Hall–Kier alpha value is -3.93. The van der Waals surface area contributed by atoms with Crippen molar-refractivity contribution in [3.63, 3.8) is 0 Å². The van der Waals surface area contributed by atoms with E-state index >= 15 is 0 Å². The molecular formula is C66H110O6. The van der Waals surface area contributed by atoms with E-state index in [-0.39, 0.29) is 31.1 Å². The third-order valence-electron chi connectivity index (χ3n) is 12.5. The van der Waals surface area contributed by atoms with Crippen molar-refractivity contribution in [1.29, 1.82) is 0 Å². The molecule has 0 spiro atoms. The summed E-state index contributed by atoms with van der Waals surface area (Å²) in [6, 6.07) is 0. The van der Waals surface area contributed by atoms with E-state index in [4.69, 9.17) is 14.2 Å². The van der Waals surface area contributed by atoms with Crippen molar-refractivity contribution < 1.29 is 28.6 Å². The Morgan fingerprint density at radius 3 is 0.889 bits per heavy atom. The van der Waals surface area contributed by atoms with Crippen molar-refractivity contribution >= 4 is 17.9 Å². The molecule has 0 aromatic carbocycles. The van der Waals surface area contributed by atoms with Crippen LogP contribution in [0.4, 0.5) is 0 Å². The van der Waals surface area contributed by atoms with Gasteiger partial charge in [-0.15, -0.1) is 0 Å². The molecule has 0 amide bonds. The fourth-order valence-electron chi connectivity index (χ4n) is 8.00. The molecule has 0 fully saturated rings. The van der Waals surface area contributed by atoms with E-state index in [1.807, 2.05) is 0 Å². The molecule has 72 heavy (non-hydrogen) atoms. The summed E-state index contributed by atoms with van der Waals surface area (Å²) in [6.07, 6.45) is 80.7. The van der Waals surface area contributed by atoms with Gasteiger partial charge >= 0.3 is 17.9 Å². The quantitative estimate of drug-likeness (QED) is 0.0261. The van der Waals surface area contributed by atoms with Crippen molar-refractivity contribution in [2.75, 3.05) is 13.2 Å². The van der Waals surface area contributed by atoms with Crippen LogP contribution in [-0.4, -0.2) is 37.2 Å². The molecule has 0 rings (SSSR count). The molecule has 1 atom stereocenters. The van der Waals surface area contributed by atoms with E-state index in [0.717, 1.165) is 122 Å². The Morgan fingerprint density at radius 1 is 0.292 bits per heavy atom. The van der Waals surface area contributed by atoms with E-state index < -0.39 is 6.10 Å². The molecule has 6 nitrogen and oxygen atoms in total. The van der Waals surface area contributed by atoms with Gasteiger partial charge in [-0.1, -0.05) is 233 Å². The minimum absolute atomic E-state index is 0.0974. The predicted octanol–water partition coefficient (Wildman–Crippen LogP) is 20.3. The summed E-state index contributed by atoms with van der Waals surface area (Å²) in [5.74, 6) is -0.943. The van der Waals surface area contributed by atoms with Crippen molar-refractivity contribution in [3.05, 3.63) is 109 Å². The predicted molar refractivity (Wildman–Crippen MR) is 311 cm³/mol. The summed E-state index contributed by atoms with van der Waals surface area (Å²) >= 11 is 0. The molecule has 0 heterocycles. The second-order valence-electron chi connectivity index (χ2n) is 19.5. The van der Waals surface area contributed by atoms with E-state index in [1.165, 1.54) is 109 Å². The molecule has 0 saturated carbocycles. The number of unbranched alkanes of at least 4 members (excludes halogenated alkanes) is 24. The Morgan fingerprint density at radius 2 is 0.542 bits per heavy atom. The van der Waals surface area contributed by atoms with Crippen molar-refractivity contribution in [3.8, 4) is 0 Å². The molecule has 6 heteroatoms. The van der Waals surface area contributed by atoms with Gasteiger partial charge < -0.3 is 14.2 Å². The standard InChI is InChI=1S/C66H110O6/c1-4-7-10-13-16-19-22-25-28-31-33-36-38-41-44-47-50-53-56-59-65(68)71-62-63(61-70-64(67)58-55-52-49-46-43-40-37-34-30-27-24-21-18-15-12-9-6-3)72-66(69)60-57-54-51-48-45-42-39-35-32-29-26-23-20-17-14-11-8-5-2/h7,10,16,18-21,23,25,27-30,32-33,36,41,44,63H,4-6,8-9,11-15,17,22,24,26,31,34-35,37-40,42-43,45-62H2,1-3H3/b10-7-,19-16-,21-18-,23-20-,28-25-,30-27-,32-29-,36-33-,44-41-. The van der Waals surface area contributed by atoms with E-state index in [9.17, 15) is 14.4 Å². The minimum atomic E-state index is -0.803. The number of ether oxygens (including phenoxy) is 3. The molecule has 0 bridgehead atoms. The van der Waals surface area contributed by atoms with Crippen LogP contribution in [0.1, 0.15) is 271 Å². The first kappa shape index (κ1) is 68.1. The average Bonchev–Trinajstić information content (AvgIpc) is 3.38. The van der Waals surface area contributed by atoms with Gasteiger partial charge in [0.15, 0.2) is 6.10 Å². The Bertz CT molecular complexity index is 1470. The Kier molecular flexibility index (Phi) is 56.4. The average molecular weight is 1000 g/mol. The summed E-state index contributed by atoms with van der Waals surface area (Å²) in [5, 5.41) is 0. The van der Waals surface area contributed by atoms with Gasteiger partial charge in [0.2, 0.25) is 0 Å². The fraction of sp³-hybridized carbons (Fsp3) is 0.682. The maximum absolute atomic E-state index is 12.9. The van der Waals surface area contributed by atoms with Crippen LogP contribution in [0.15, 0.2) is 109 Å². The van der Waals surface area contributed by atoms with Crippen LogP contribution in [0.25, 0.3) is 0 Å². The largest absolute Gasteiger partial charge is 0.462 e. The molecule has 0 aliphatic carbocycles. The van der Waals surface area contributed by atoms with Gasteiger partial charge in [-0.2, -0.15) is 0 Å². The first-order valence-corrected chi connectivity index (χ1v) is 29.9. The number of hydrogen-bond acceptors (Lipinski definition) is 6. The molecule has 0 saturated heterocycles. The lowest BCUT2D eigenvalue weighted by Gasteiger charge is -2.18. The SMILES string of the molecule is CC/C=C\C/C=C\C/C=C\C/C=C\C/C=C\CCCCCC(=O)OCC(COC(=O)CCCCCCCCC/C=C\C/C=C\CCCCC)OC(=O)CCCCCCCCC/C=C\C/C=C\CCCCCC. The summed E-state index contributed by atoms with van der Waals surface area (Å²) in [6.45, 7) is 6.45. The second kappa shape index (κ2) is 59.6. The zero-order chi connectivity index (χ0) is 52.2. The van der Waals surface area contributed by atoms with Crippen LogP contribution < -0.4 is 0 Å². The van der Waals surface area contributed by atoms with Crippen molar-refractivity contribution in [2.45, 2.75) is 277 Å². The van der Waals surface area contributed by atoms with Crippen LogP contribution in [0.3, 0.4) is 0 Å². The maximum atomic E-state index is 12.9. The number of carbonyl (C=O) groups excluding carboxylic acids is 3. The molecule has 0 aromatic heterocycles. The van der Waals surface area contributed by atoms with Crippen LogP contribution in [-0.2, 0) is 28.6 Å². The lowest BCUT2D eigenvalue weighted by atomic mass is 10.1. The molecule has 0 aliphatic heterocycles. The molecule has 0 aliphatic rings. The highest BCUT2D eigenvalue weighted by molar-refractivity contribution is 5.71. The first-order valence-electron chi connectivity index (χ1n) is 29.9. The van der Waals surface area contributed by atoms with Crippen LogP contribution >= 0.6 is 0 Å². The highest BCUT2D eigenvalue weighted by atomic mass is 16.6. The topological polar surface area (TPSA) is 78.9 Å². The Labute approximate surface area is 444 Å². The zero-order valence-corrected chi connectivity index (χ0v) is 46.9. The number of carbonyl (C=O) groups is 3. The molecule has 410 valence electrons. The Balaban J connectivity index is 4.49. The van der Waals surface area contributed by atoms with Gasteiger partial charge in [-0.3, -0.25) is 14.4 Å². The van der Waals surface area contributed by atoms with Gasteiger partial charge in [-0.25, -0.2) is 0 Å². The number of hydrogen-bond donors (Lipinski definition) is 0. The van der Waals surface area contributed by atoms with Crippen LogP contribution in [0.5, 0.6) is 0 Å². The monoisotopic (exact) mass is 999 g/mol. The molecular weight excluding hydrogens is 889 g/mol. The van der Waals surface area contributed by atoms with Gasteiger partial charge in [0, 0.05) is 19.3 Å². The molecule has 0 radical (unpaired) electrons. The highest BCUT2D eigenvalue weighted by Crippen LogP contribution is 2.14. The van der Waals surface area contributed by atoms with Gasteiger partial charge in [0.05, 0.1) is 0 Å². The lowest BCUT2D eigenvalue weighted by Crippen LogP contribution is -2.30.